The predicted octanol–water partition coefficient (Wildman–Crippen LogP) is 3.20. The van der Waals surface area contributed by atoms with Crippen LogP contribution in [0.15, 0.2) is 55.1 Å². The van der Waals surface area contributed by atoms with Crippen LogP contribution in [0.2, 0.25) is 5.02 Å². The topological polar surface area (TPSA) is 104 Å². The summed E-state index contributed by atoms with van der Waals surface area (Å²) in [5.41, 5.74) is 2.15. The van der Waals surface area contributed by atoms with E-state index in [0.29, 0.717) is 27.6 Å². The van der Waals surface area contributed by atoms with Gasteiger partial charge in [0.2, 0.25) is 12.0 Å². The highest BCUT2D eigenvalue weighted by Gasteiger charge is 2.24. The van der Waals surface area contributed by atoms with Crippen LogP contribution in [0.5, 0.6) is 5.88 Å². The van der Waals surface area contributed by atoms with E-state index in [4.69, 9.17) is 21.1 Å². The number of ether oxygens (including phenoxy) is 2. The monoisotopic (exact) mass is 438 g/mol. The molecular formula is C21H19ClN6O3. The zero-order chi connectivity index (χ0) is 21.8. The summed E-state index contributed by atoms with van der Waals surface area (Å²) in [4.78, 5) is 25.4. The Balaban J connectivity index is 1.62. The summed E-state index contributed by atoms with van der Waals surface area (Å²) in [6, 6.07) is 10.8. The van der Waals surface area contributed by atoms with Gasteiger partial charge in [0, 0.05) is 13.3 Å². The lowest BCUT2D eigenvalue weighted by molar-refractivity contribution is -0.125. The minimum Gasteiger partial charge on any atom is -0.461 e. The third-order valence-electron chi connectivity index (χ3n) is 4.44. The van der Waals surface area contributed by atoms with Gasteiger partial charge in [0.15, 0.2) is 5.65 Å². The zero-order valence-electron chi connectivity index (χ0n) is 16.8. The Morgan fingerprint density at radius 3 is 2.74 bits per heavy atom. The van der Waals surface area contributed by atoms with E-state index in [2.05, 4.69) is 25.4 Å². The number of aryl methyl sites for hydroxylation is 1. The average molecular weight is 439 g/mol. The van der Waals surface area contributed by atoms with Crippen LogP contribution in [-0.4, -0.2) is 50.5 Å². The summed E-state index contributed by atoms with van der Waals surface area (Å²) >= 11 is 6.30. The summed E-state index contributed by atoms with van der Waals surface area (Å²) in [5, 5.41) is 8.15. The van der Waals surface area contributed by atoms with Crippen molar-refractivity contribution in [2.45, 2.75) is 13.0 Å². The van der Waals surface area contributed by atoms with E-state index in [1.165, 1.54) is 13.4 Å². The van der Waals surface area contributed by atoms with Gasteiger partial charge in [-0.1, -0.05) is 29.8 Å². The minimum atomic E-state index is -0.963. The molecule has 10 heteroatoms. The van der Waals surface area contributed by atoms with Crippen LogP contribution in [-0.2, 0) is 9.53 Å². The lowest BCUT2D eigenvalue weighted by Gasteiger charge is -2.17. The zero-order valence-corrected chi connectivity index (χ0v) is 17.6. The quantitative estimate of drug-likeness (QED) is 0.472. The molecule has 0 aliphatic rings. The smallest absolute Gasteiger partial charge is 0.269 e. The first-order chi connectivity index (χ1) is 15.1. The highest BCUT2D eigenvalue weighted by Crippen LogP contribution is 2.27. The van der Waals surface area contributed by atoms with Gasteiger partial charge in [-0.15, -0.1) is 0 Å². The Morgan fingerprint density at radius 2 is 2.00 bits per heavy atom. The van der Waals surface area contributed by atoms with E-state index in [-0.39, 0.29) is 12.5 Å². The number of pyridine rings is 1. The van der Waals surface area contributed by atoms with Gasteiger partial charge >= 0.3 is 0 Å². The van der Waals surface area contributed by atoms with Crippen LogP contribution in [0.25, 0.3) is 16.7 Å². The molecule has 3 heterocycles. The van der Waals surface area contributed by atoms with Gasteiger partial charge in [0.1, 0.15) is 17.5 Å². The molecule has 0 fully saturated rings. The van der Waals surface area contributed by atoms with Gasteiger partial charge in [-0.25, -0.2) is 19.6 Å². The van der Waals surface area contributed by atoms with Crippen molar-refractivity contribution >= 4 is 34.4 Å². The van der Waals surface area contributed by atoms with Crippen molar-refractivity contribution in [2.24, 2.45) is 0 Å². The lowest BCUT2D eigenvalue weighted by Crippen LogP contribution is -2.37. The summed E-state index contributed by atoms with van der Waals surface area (Å²) in [7, 11) is 1.48. The van der Waals surface area contributed by atoms with Crippen LogP contribution in [0.1, 0.15) is 5.56 Å². The van der Waals surface area contributed by atoms with E-state index in [0.717, 1.165) is 5.56 Å². The van der Waals surface area contributed by atoms with Crippen LogP contribution < -0.4 is 10.1 Å². The van der Waals surface area contributed by atoms with Crippen LogP contribution in [0.3, 0.4) is 0 Å². The average Bonchev–Trinajstić information content (AvgIpc) is 3.20. The molecule has 1 atom stereocenters. The Morgan fingerprint density at radius 1 is 1.16 bits per heavy atom. The lowest BCUT2D eigenvalue weighted by atomic mass is 10.3. The van der Waals surface area contributed by atoms with Crippen molar-refractivity contribution in [1.82, 2.24) is 24.7 Å². The number of anilines is 1. The first kappa shape index (κ1) is 20.7. The van der Waals surface area contributed by atoms with E-state index in [9.17, 15) is 4.79 Å². The molecule has 31 heavy (non-hydrogen) atoms. The molecular weight excluding hydrogens is 420 g/mol. The van der Waals surface area contributed by atoms with Crippen LogP contribution in [0.4, 0.5) is 5.82 Å². The highest BCUT2D eigenvalue weighted by molar-refractivity contribution is 6.32. The number of halogens is 1. The molecule has 9 nitrogen and oxygen atoms in total. The molecule has 1 N–H and O–H groups in total. The molecule has 0 saturated carbocycles. The number of amides is 1. The van der Waals surface area contributed by atoms with Crippen molar-refractivity contribution < 1.29 is 14.3 Å². The van der Waals surface area contributed by atoms with Crippen molar-refractivity contribution in [1.29, 1.82) is 0 Å². The van der Waals surface area contributed by atoms with Gasteiger partial charge in [-0.05, 0) is 30.7 Å². The second-order valence-corrected chi connectivity index (χ2v) is 7.10. The molecule has 0 spiro atoms. The van der Waals surface area contributed by atoms with Crippen LogP contribution in [0, 0.1) is 6.92 Å². The number of methoxy groups -OCH3 is 1. The van der Waals surface area contributed by atoms with Gasteiger partial charge < -0.3 is 14.8 Å². The van der Waals surface area contributed by atoms with Gasteiger partial charge in [0.05, 0.1) is 23.5 Å². The number of carbonyl (C=O) groups excluding carboxylic acids is 1. The second kappa shape index (κ2) is 9.07. The van der Waals surface area contributed by atoms with Gasteiger partial charge in [-0.3, -0.25) is 4.79 Å². The van der Waals surface area contributed by atoms with Crippen molar-refractivity contribution in [3.05, 3.63) is 65.7 Å². The van der Waals surface area contributed by atoms with E-state index < -0.39 is 12.0 Å². The number of benzene rings is 1. The summed E-state index contributed by atoms with van der Waals surface area (Å²) in [5.74, 6) is 0.209. The van der Waals surface area contributed by atoms with E-state index in [1.54, 1.807) is 29.2 Å². The molecule has 0 aliphatic heterocycles. The number of nitrogens with one attached hydrogen (secondary N) is 1. The largest absolute Gasteiger partial charge is 0.461 e. The summed E-state index contributed by atoms with van der Waals surface area (Å²) < 4.78 is 12.7. The van der Waals surface area contributed by atoms with Gasteiger partial charge in [0.25, 0.3) is 5.91 Å². The molecule has 1 aromatic carbocycles. The minimum absolute atomic E-state index is 0.0157. The molecule has 0 saturated heterocycles. The number of fused-ring (bicyclic) bond motifs is 1. The fourth-order valence-corrected chi connectivity index (χ4v) is 3.13. The first-order valence-corrected chi connectivity index (χ1v) is 9.77. The SMILES string of the molecule is COC[C@H](Oc1ncnc2c1cnn2-c1ccccc1Cl)C(=O)Nc1ccc(C)cn1. The number of nitrogens with zero attached hydrogens (tertiary/aromatic N) is 5. The third-order valence-corrected chi connectivity index (χ3v) is 4.76. The fraction of sp³-hybridized carbons (Fsp3) is 0.190. The number of aromatic nitrogens is 5. The third kappa shape index (κ3) is 4.47. The molecule has 4 rings (SSSR count). The molecule has 1 amide bonds. The maximum atomic E-state index is 12.8. The summed E-state index contributed by atoms with van der Waals surface area (Å²) in [6.45, 7) is 1.93. The molecule has 0 radical (unpaired) electrons. The first-order valence-electron chi connectivity index (χ1n) is 9.39. The maximum Gasteiger partial charge on any atom is 0.269 e. The number of hydrogen-bond acceptors (Lipinski definition) is 7. The van der Waals surface area contributed by atoms with Crippen molar-refractivity contribution in [3.63, 3.8) is 0 Å². The molecule has 158 valence electrons. The highest BCUT2D eigenvalue weighted by atomic mass is 35.5. The molecule has 4 aromatic rings. The Labute approximate surface area is 183 Å². The normalized spacial score (nSPS) is 12.0. The number of hydrogen-bond donors (Lipinski definition) is 1. The van der Waals surface area contributed by atoms with E-state index in [1.807, 2.05) is 31.2 Å². The van der Waals surface area contributed by atoms with Crippen LogP contribution >= 0.6 is 11.6 Å². The fourth-order valence-electron chi connectivity index (χ4n) is 2.91. The number of rotatable bonds is 7. The molecule has 0 bridgehead atoms. The second-order valence-electron chi connectivity index (χ2n) is 6.70. The maximum absolute atomic E-state index is 12.8. The summed E-state index contributed by atoms with van der Waals surface area (Å²) in [6.07, 6.45) is 3.61. The Bertz CT molecular complexity index is 1210. The number of para-hydroxylation sites is 1. The number of carbonyl (C=O) groups is 1. The Kier molecular flexibility index (Phi) is 6.06. The molecule has 0 aliphatic carbocycles. The predicted molar refractivity (Wildman–Crippen MR) is 116 cm³/mol. The van der Waals surface area contributed by atoms with Crippen molar-refractivity contribution in [2.75, 3.05) is 19.0 Å². The van der Waals surface area contributed by atoms with Gasteiger partial charge in [-0.2, -0.15) is 5.10 Å². The molecule has 3 aromatic heterocycles. The Hall–Kier alpha value is -3.56. The molecule has 0 unspecified atom stereocenters. The van der Waals surface area contributed by atoms with E-state index >= 15 is 0 Å². The van der Waals surface area contributed by atoms with Crippen molar-refractivity contribution in [3.8, 4) is 11.6 Å². The standard InChI is InChI=1S/C21H19ClN6O3/c1-13-7-8-18(23-9-13)27-20(29)17(11-30-2)31-21-14-10-26-28(19(14)24-12-25-21)16-6-4-3-5-15(16)22/h3-10,12,17H,11H2,1-2H3,(H,23,27,29)/t17-/m0/s1.